The molecule has 0 aliphatic rings. The Morgan fingerprint density at radius 2 is 2.24 bits per heavy atom. The van der Waals surface area contributed by atoms with Gasteiger partial charge >= 0.3 is 0 Å². The summed E-state index contributed by atoms with van der Waals surface area (Å²) in [6.07, 6.45) is 0.0543. The molecule has 96 valence electrons. The van der Waals surface area contributed by atoms with Gasteiger partial charge in [-0.25, -0.2) is 0 Å². The van der Waals surface area contributed by atoms with Crippen LogP contribution in [-0.2, 0) is 4.74 Å². The van der Waals surface area contributed by atoms with E-state index in [-0.39, 0.29) is 6.10 Å². The molecule has 0 spiro atoms. The zero-order valence-corrected chi connectivity index (χ0v) is 12.3. The number of hydrogen-bond donors (Lipinski definition) is 1. The van der Waals surface area contributed by atoms with Crippen molar-refractivity contribution < 1.29 is 9.47 Å². The van der Waals surface area contributed by atoms with Crippen molar-refractivity contribution in [1.82, 2.24) is 5.32 Å². The summed E-state index contributed by atoms with van der Waals surface area (Å²) in [6.45, 7) is 4.27. The molecule has 1 unspecified atom stereocenters. The van der Waals surface area contributed by atoms with Gasteiger partial charge < -0.3 is 14.8 Å². The fraction of sp³-hybridized carbons (Fsp3) is 0.500. The standard InChI is InChI=1S/C12H17BrClNO2/c1-9(8-15-5-6-16-2)17-12-7-10(13)3-4-11(12)14/h3-4,7,9,15H,5-6,8H2,1-2H3. The highest BCUT2D eigenvalue weighted by molar-refractivity contribution is 9.10. The number of nitrogens with one attached hydrogen (secondary N) is 1. The highest BCUT2D eigenvalue weighted by Gasteiger charge is 2.07. The molecule has 0 bridgehead atoms. The van der Waals surface area contributed by atoms with Gasteiger partial charge in [-0.1, -0.05) is 27.5 Å². The Labute approximate surface area is 116 Å². The molecular formula is C12H17BrClNO2. The first-order valence-electron chi connectivity index (χ1n) is 5.45. The van der Waals surface area contributed by atoms with E-state index >= 15 is 0 Å². The number of rotatable bonds is 7. The Morgan fingerprint density at radius 1 is 1.47 bits per heavy atom. The van der Waals surface area contributed by atoms with Gasteiger partial charge in [-0.05, 0) is 25.1 Å². The first-order valence-corrected chi connectivity index (χ1v) is 6.62. The molecule has 0 fully saturated rings. The summed E-state index contributed by atoms with van der Waals surface area (Å²) in [5.41, 5.74) is 0. The topological polar surface area (TPSA) is 30.5 Å². The molecule has 1 rings (SSSR count). The van der Waals surface area contributed by atoms with Crippen molar-refractivity contribution in [1.29, 1.82) is 0 Å². The van der Waals surface area contributed by atoms with Crippen LogP contribution >= 0.6 is 27.5 Å². The van der Waals surface area contributed by atoms with Crippen LogP contribution in [-0.4, -0.2) is 32.9 Å². The van der Waals surface area contributed by atoms with E-state index in [4.69, 9.17) is 21.1 Å². The van der Waals surface area contributed by atoms with E-state index in [1.54, 1.807) is 7.11 Å². The minimum absolute atomic E-state index is 0.0543. The summed E-state index contributed by atoms with van der Waals surface area (Å²) in [7, 11) is 1.68. The highest BCUT2D eigenvalue weighted by atomic mass is 79.9. The minimum atomic E-state index is 0.0543. The van der Waals surface area contributed by atoms with E-state index in [9.17, 15) is 0 Å². The number of benzene rings is 1. The summed E-state index contributed by atoms with van der Waals surface area (Å²) < 4.78 is 11.6. The second-order valence-electron chi connectivity index (χ2n) is 3.70. The molecule has 3 nitrogen and oxygen atoms in total. The predicted molar refractivity (Wildman–Crippen MR) is 74.0 cm³/mol. The Balaban J connectivity index is 2.39. The smallest absolute Gasteiger partial charge is 0.139 e. The van der Waals surface area contributed by atoms with Gasteiger partial charge in [-0.3, -0.25) is 0 Å². The van der Waals surface area contributed by atoms with Crippen LogP contribution in [0.2, 0.25) is 5.02 Å². The number of ether oxygens (including phenoxy) is 2. The fourth-order valence-electron chi connectivity index (χ4n) is 1.31. The van der Waals surface area contributed by atoms with Crippen molar-refractivity contribution in [2.24, 2.45) is 0 Å². The molecule has 1 aromatic carbocycles. The largest absolute Gasteiger partial charge is 0.488 e. The Kier molecular flexibility index (Phi) is 6.89. The second-order valence-corrected chi connectivity index (χ2v) is 5.02. The van der Waals surface area contributed by atoms with Gasteiger partial charge in [-0.2, -0.15) is 0 Å². The van der Waals surface area contributed by atoms with Crippen molar-refractivity contribution in [3.63, 3.8) is 0 Å². The van der Waals surface area contributed by atoms with E-state index < -0.39 is 0 Å². The molecule has 0 aromatic heterocycles. The van der Waals surface area contributed by atoms with Crippen LogP contribution in [0.15, 0.2) is 22.7 Å². The molecule has 5 heteroatoms. The second kappa shape index (κ2) is 7.93. The van der Waals surface area contributed by atoms with Crippen molar-refractivity contribution in [3.05, 3.63) is 27.7 Å². The maximum atomic E-state index is 6.04. The van der Waals surface area contributed by atoms with Crippen molar-refractivity contribution in [2.75, 3.05) is 26.8 Å². The summed E-state index contributed by atoms with van der Waals surface area (Å²) in [6, 6.07) is 5.57. The average molecular weight is 323 g/mol. The summed E-state index contributed by atoms with van der Waals surface area (Å²) in [5, 5.41) is 3.86. The molecule has 17 heavy (non-hydrogen) atoms. The number of halogens is 2. The van der Waals surface area contributed by atoms with Crippen LogP contribution in [0.25, 0.3) is 0 Å². The molecular weight excluding hydrogens is 305 g/mol. The monoisotopic (exact) mass is 321 g/mol. The highest BCUT2D eigenvalue weighted by Crippen LogP contribution is 2.28. The van der Waals surface area contributed by atoms with Crippen LogP contribution in [0.3, 0.4) is 0 Å². The van der Waals surface area contributed by atoms with E-state index in [1.165, 1.54) is 0 Å². The third-order valence-electron chi connectivity index (χ3n) is 2.14. The SMILES string of the molecule is COCCNCC(C)Oc1cc(Br)ccc1Cl. The predicted octanol–water partition coefficient (Wildman–Crippen LogP) is 3.11. The van der Waals surface area contributed by atoms with Gasteiger partial charge in [0.2, 0.25) is 0 Å². The maximum Gasteiger partial charge on any atom is 0.139 e. The van der Waals surface area contributed by atoms with Gasteiger partial charge in [0.15, 0.2) is 0 Å². The molecule has 0 saturated heterocycles. The van der Waals surface area contributed by atoms with Crippen molar-refractivity contribution in [2.45, 2.75) is 13.0 Å². The quantitative estimate of drug-likeness (QED) is 0.783. The molecule has 0 heterocycles. The molecule has 0 aliphatic heterocycles. The molecule has 0 saturated carbocycles. The average Bonchev–Trinajstić information content (AvgIpc) is 2.29. The lowest BCUT2D eigenvalue weighted by Crippen LogP contribution is -2.31. The molecule has 1 N–H and O–H groups in total. The van der Waals surface area contributed by atoms with Gasteiger partial charge in [0.05, 0.1) is 11.6 Å². The van der Waals surface area contributed by atoms with Crippen molar-refractivity contribution >= 4 is 27.5 Å². The number of methoxy groups -OCH3 is 1. The normalized spacial score (nSPS) is 12.5. The minimum Gasteiger partial charge on any atom is -0.488 e. The zero-order chi connectivity index (χ0) is 12.7. The van der Waals surface area contributed by atoms with Crippen LogP contribution in [0.4, 0.5) is 0 Å². The summed E-state index contributed by atoms with van der Waals surface area (Å²) >= 11 is 9.43. The van der Waals surface area contributed by atoms with E-state index in [0.29, 0.717) is 17.4 Å². The lowest BCUT2D eigenvalue weighted by molar-refractivity contribution is 0.184. The molecule has 1 aromatic rings. The van der Waals surface area contributed by atoms with Gasteiger partial charge in [-0.15, -0.1) is 0 Å². The zero-order valence-electron chi connectivity index (χ0n) is 10.0. The summed E-state index contributed by atoms with van der Waals surface area (Å²) in [5.74, 6) is 0.696. The Morgan fingerprint density at radius 3 is 2.94 bits per heavy atom. The third kappa shape index (κ3) is 5.73. The third-order valence-corrected chi connectivity index (χ3v) is 2.94. The Hall–Kier alpha value is -0.290. The van der Waals surface area contributed by atoms with E-state index in [0.717, 1.165) is 17.6 Å². The van der Waals surface area contributed by atoms with Crippen molar-refractivity contribution in [3.8, 4) is 5.75 Å². The molecule has 0 radical (unpaired) electrons. The maximum absolute atomic E-state index is 6.04. The number of hydrogen-bond acceptors (Lipinski definition) is 3. The van der Waals surface area contributed by atoms with Gasteiger partial charge in [0, 0.05) is 24.7 Å². The first-order chi connectivity index (χ1) is 8.13. The van der Waals surface area contributed by atoms with Crippen LogP contribution in [0.1, 0.15) is 6.92 Å². The van der Waals surface area contributed by atoms with Gasteiger partial charge in [0.25, 0.3) is 0 Å². The molecule has 1 atom stereocenters. The van der Waals surface area contributed by atoms with Crippen LogP contribution in [0.5, 0.6) is 5.75 Å². The van der Waals surface area contributed by atoms with Crippen LogP contribution < -0.4 is 10.1 Å². The van der Waals surface area contributed by atoms with Crippen LogP contribution in [0, 0.1) is 0 Å². The lowest BCUT2D eigenvalue weighted by atomic mass is 10.3. The summed E-state index contributed by atoms with van der Waals surface area (Å²) in [4.78, 5) is 0. The van der Waals surface area contributed by atoms with E-state index in [2.05, 4.69) is 21.2 Å². The fourth-order valence-corrected chi connectivity index (χ4v) is 1.81. The Bertz CT molecular complexity index is 349. The molecule has 0 aliphatic carbocycles. The van der Waals surface area contributed by atoms with E-state index in [1.807, 2.05) is 25.1 Å². The first kappa shape index (κ1) is 14.8. The molecule has 0 amide bonds. The van der Waals surface area contributed by atoms with Gasteiger partial charge in [0.1, 0.15) is 11.9 Å². The lowest BCUT2D eigenvalue weighted by Gasteiger charge is -2.16.